The molecule has 0 bridgehead atoms. The summed E-state index contributed by atoms with van der Waals surface area (Å²) < 4.78 is 5.86. The zero-order valence-corrected chi connectivity index (χ0v) is 15.9. The molecule has 140 valence electrons. The quantitative estimate of drug-likeness (QED) is 0.795. The summed E-state index contributed by atoms with van der Waals surface area (Å²) in [6.45, 7) is 10.3. The van der Waals surface area contributed by atoms with Crippen molar-refractivity contribution in [3.8, 4) is 0 Å². The molecule has 0 radical (unpaired) electrons. The molecule has 1 aliphatic rings. The van der Waals surface area contributed by atoms with Gasteiger partial charge in [0.25, 0.3) is 5.91 Å². The van der Waals surface area contributed by atoms with E-state index in [-0.39, 0.29) is 11.8 Å². The molecule has 6 nitrogen and oxygen atoms in total. The third-order valence-corrected chi connectivity index (χ3v) is 5.20. The zero-order valence-electron chi connectivity index (χ0n) is 15.9. The average molecular weight is 356 g/mol. The molecule has 1 saturated heterocycles. The number of furan rings is 1. The number of rotatable bonds is 6. The first kappa shape index (κ1) is 18.6. The molecule has 0 N–H and O–H groups in total. The molecule has 0 saturated carbocycles. The van der Waals surface area contributed by atoms with E-state index in [1.807, 2.05) is 24.0 Å². The number of carbonyl (C=O) groups is 1. The Bertz CT molecular complexity index is 725. The second-order valence-electron chi connectivity index (χ2n) is 6.87. The van der Waals surface area contributed by atoms with Gasteiger partial charge in [0, 0.05) is 30.9 Å². The number of nitrogens with zero attached hydrogens (tertiary/aromatic N) is 4. The first-order chi connectivity index (χ1) is 12.6. The summed E-state index contributed by atoms with van der Waals surface area (Å²) in [4.78, 5) is 25.6. The summed E-state index contributed by atoms with van der Waals surface area (Å²) >= 11 is 0. The van der Waals surface area contributed by atoms with Crippen LogP contribution in [0.15, 0.2) is 29.1 Å². The van der Waals surface area contributed by atoms with Crippen LogP contribution in [0.4, 0.5) is 0 Å². The second kappa shape index (κ2) is 8.45. The molecule has 3 heterocycles. The molecule has 2 aromatic rings. The molecule has 26 heavy (non-hydrogen) atoms. The SMILES string of the molecule is CCN(CC)Cc1cc(C(=O)N2CCC[C@@H](c3ccncn3)C2)c(C)o1. The lowest BCUT2D eigenvalue weighted by Gasteiger charge is -2.32. The highest BCUT2D eigenvalue weighted by Gasteiger charge is 2.28. The van der Waals surface area contributed by atoms with Gasteiger partial charge in [-0.1, -0.05) is 13.8 Å². The molecule has 3 rings (SSSR count). The van der Waals surface area contributed by atoms with Gasteiger partial charge in [-0.15, -0.1) is 0 Å². The average Bonchev–Trinajstić information content (AvgIpc) is 3.06. The summed E-state index contributed by atoms with van der Waals surface area (Å²) in [6.07, 6.45) is 5.39. The minimum atomic E-state index is 0.0656. The van der Waals surface area contributed by atoms with E-state index < -0.39 is 0 Å². The largest absolute Gasteiger partial charge is 0.464 e. The standard InChI is InChI=1S/C20H28N4O2/c1-4-23(5-2)13-17-11-18(15(3)26-17)20(25)24-10-6-7-16(12-24)19-8-9-21-14-22-19/h8-9,11,14,16H,4-7,10,12-13H2,1-3H3/t16-/m1/s1. The van der Waals surface area contributed by atoms with Crippen LogP contribution < -0.4 is 0 Å². The molecule has 1 aliphatic heterocycles. The van der Waals surface area contributed by atoms with Gasteiger partial charge < -0.3 is 9.32 Å². The molecule has 0 unspecified atom stereocenters. The fourth-order valence-corrected chi connectivity index (χ4v) is 3.62. The van der Waals surface area contributed by atoms with Gasteiger partial charge in [0.1, 0.15) is 17.8 Å². The Morgan fingerprint density at radius 1 is 1.38 bits per heavy atom. The highest BCUT2D eigenvalue weighted by molar-refractivity contribution is 5.95. The first-order valence-electron chi connectivity index (χ1n) is 9.49. The number of likely N-dealkylation sites (tertiary alicyclic amines) is 1. The maximum atomic E-state index is 13.1. The highest BCUT2D eigenvalue weighted by Crippen LogP contribution is 2.27. The molecule has 1 fully saturated rings. The Morgan fingerprint density at radius 2 is 2.19 bits per heavy atom. The maximum absolute atomic E-state index is 13.1. The van der Waals surface area contributed by atoms with Crippen molar-refractivity contribution in [1.82, 2.24) is 19.8 Å². The fraction of sp³-hybridized carbons (Fsp3) is 0.550. The van der Waals surface area contributed by atoms with E-state index in [9.17, 15) is 4.79 Å². The third kappa shape index (κ3) is 4.12. The van der Waals surface area contributed by atoms with Gasteiger partial charge in [-0.2, -0.15) is 0 Å². The van der Waals surface area contributed by atoms with Crippen LogP contribution in [0.3, 0.4) is 0 Å². The van der Waals surface area contributed by atoms with Crippen LogP contribution >= 0.6 is 0 Å². The van der Waals surface area contributed by atoms with E-state index in [0.717, 1.165) is 50.5 Å². The molecular weight excluding hydrogens is 328 g/mol. The van der Waals surface area contributed by atoms with Crippen molar-refractivity contribution in [3.63, 3.8) is 0 Å². The van der Waals surface area contributed by atoms with Crippen LogP contribution in [-0.2, 0) is 6.54 Å². The molecule has 1 atom stereocenters. The topological polar surface area (TPSA) is 62.5 Å². The van der Waals surface area contributed by atoms with Crippen LogP contribution in [0, 0.1) is 6.92 Å². The molecule has 6 heteroatoms. The van der Waals surface area contributed by atoms with Crippen LogP contribution in [0.1, 0.15) is 60.2 Å². The third-order valence-electron chi connectivity index (χ3n) is 5.20. The van der Waals surface area contributed by atoms with Gasteiger partial charge in [-0.05, 0) is 45.0 Å². The molecule has 1 amide bonds. The molecule has 0 aliphatic carbocycles. The Balaban J connectivity index is 1.71. The monoisotopic (exact) mass is 356 g/mol. The summed E-state index contributed by atoms with van der Waals surface area (Å²) in [5.41, 5.74) is 1.71. The molecule has 0 aromatic carbocycles. The van der Waals surface area contributed by atoms with Crippen LogP contribution in [0.2, 0.25) is 0 Å². The van der Waals surface area contributed by atoms with E-state index >= 15 is 0 Å². The van der Waals surface area contributed by atoms with Crippen molar-refractivity contribution >= 4 is 5.91 Å². The Hall–Kier alpha value is -2.21. The lowest BCUT2D eigenvalue weighted by molar-refractivity contribution is 0.0704. The summed E-state index contributed by atoms with van der Waals surface area (Å²) in [5, 5.41) is 0. The van der Waals surface area contributed by atoms with Gasteiger partial charge in [-0.25, -0.2) is 9.97 Å². The van der Waals surface area contributed by atoms with Crippen LogP contribution in [-0.4, -0.2) is 51.9 Å². The van der Waals surface area contributed by atoms with Crippen molar-refractivity contribution in [2.24, 2.45) is 0 Å². The molecular formula is C20H28N4O2. The normalized spacial score (nSPS) is 17.7. The van der Waals surface area contributed by atoms with E-state index in [2.05, 4.69) is 28.7 Å². The van der Waals surface area contributed by atoms with Crippen molar-refractivity contribution in [2.45, 2.75) is 46.1 Å². The zero-order chi connectivity index (χ0) is 18.5. The number of hydrogen-bond donors (Lipinski definition) is 0. The van der Waals surface area contributed by atoms with E-state index in [4.69, 9.17) is 4.42 Å². The first-order valence-corrected chi connectivity index (χ1v) is 9.49. The van der Waals surface area contributed by atoms with Crippen molar-refractivity contribution in [1.29, 1.82) is 0 Å². The summed E-state index contributed by atoms with van der Waals surface area (Å²) in [5.74, 6) is 1.91. The molecule has 2 aromatic heterocycles. The number of piperidine rings is 1. The number of hydrogen-bond acceptors (Lipinski definition) is 5. The van der Waals surface area contributed by atoms with Crippen LogP contribution in [0.5, 0.6) is 0 Å². The van der Waals surface area contributed by atoms with E-state index in [1.54, 1.807) is 12.5 Å². The van der Waals surface area contributed by atoms with Crippen molar-refractivity contribution < 1.29 is 9.21 Å². The maximum Gasteiger partial charge on any atom is 0.257 e. The summed E-state index contributed by atoms with van der Waals surface area (Å²) in [6, 6.07) is 3.87. The van der Waals surface area contributed by atoms with Crippen molar-refractivity contribution in [2.75, 3.05) is 26.2 Å². The number of carbonyl (C=O) groups excluding carboxylic acids is 1. The predicted molar refractivity (Wildman–Crippen MR) is 100.0 cm³/mol. The van der Waals surface area contributed by atoms with Gasteiger partial charge in [0.15, 0.2) is 0 Å². The second-order valence-corrected chi connectivity index (χ2v) is 6.87. The lowest BCUT2D eigenvalue weighted by atomic mass is 9.94. The Kier molecular flexibility index (Phi) is 6.04. The predicted octanol–water partition coefficient (Wildman–Crippen LogP) is 3.24. The summed E-state index contributed by atoms with van der Waals surface area (Å²) in [7, 11) is 0. The van der Waals surface area contributed by atoms with Gasteiger partial charge >= 0.3 is 0 Å². The minimum absolute atomic E-state index is 0.0656. The molecule has 0 spiro atoms. The van der Waals surface area contributed by atoms with Crippen molar-refractivity contribution in [3.05, 3.63) is 47.4 Å². The number of amides is 1. The smallest absolute Gasteiger partial charge is 0.257 e. The van der Waals surface area contributed by atoms with E-state index in [0.29, 0.717) is 17.9 Å². The fourth-order valence-electron chi connectivity index (χ4n) is 3.62. The van der Waals surface area contributed by atoms with Gasteiger partial charge in [-0.3, -0.25) is 9.69 Å². The van der Waals surface area contributed by atoms with Gasteiger partial charge in [0.2, 0.25) is 0 Å². The van der Waals surface area contributed by atoms with E-state index in [1.165, 1.54) is 0 Å². The Morgan fingerprint density at radius 3 is 2.88 bits per heavy atom. The van der Waals surface area contributed by atoms with Crippen LogP contribution in [0.25, 0.3) is 0 Å². The Labute approximate surface area is 155 Å². The van der Waals surface area contributed by atoms with Gasteiger partial charge in [0.05, 0.1) is 12.1 Å². The lowest BCUT2D eigenvalue weighted by Crippen LogP contribution is -2.39. The number of aromatic nitrogens is 2. The minimum Gasteiger partial charge on any atom is -0.464 e. The number of aryl methyl sites for hydroxylation is 1. The highest BCUT2D eigenvalue weighted by atomic mass is 16.3.